The van der Waals surface area contributed by atoms with Gasteiger partial charge in [0.2, 0.25) is 0 Å². The van der Waals surface area contributed by atoms with Gasteiger partial charge in [-0.2, -0.15) is 0 Å². The Labute approximate surface area is 197 Å². The SMILES string of the molecule is CN1CCN(c2ccc(-c3cnc4[nH]cc(-c5ccc(CC(C)(C)C)cc5)c4c3)cc2)CC1. The van der Waals surface area contributed by atoms with Crippen LogP contribution in [0.4, 0.5) is 5.69 Å². The van der Waals surface area contributed by atoms with Gasteiger partial charge in [-0.1, -0.05) is 57.2 Å². The van der Waals surface area contributed by atoms with Crippen molar-refractivity contribution in [2.75, 3.05) is 38.1 Å². The Balaban J connectivity index is 1.40. The van der Waals surface area contributed by atoms with Crippen molar-refractivity contribution in [2.45, 2.75) is 27.2 Å². The van der Waals surface area contributed by atoms with Gasteiger partial charge in [-0.3, -0.25) is 0 Å². The van der Waals surface area contributed by atoms with Crippen LogP contribution in [0.25, 0.3) is 33.3 Å². The first-order valence-electron chi connectivity index (χ1n) is 12.0. The van der Waals surface area contributed by atoms with E-state index in [4.69, 9.17) is 4.98 Å². The largest absolute Gasteiger partial charge is 0.369 e. The molecule has 1 aliphatic rings. The smallest absolute Gasteiger partial charge is 0.137 e. The van der Waals surface area contributed by atoms with Gasteiger partial charge >= 0.3 is 0 Å². The number of H-pyrrole nitrogens is 1. The van der Waals surface area contributed by atoms with E-state index < -0.39 is 0 Å². The molecule has 0 bridgehead atoms. The molecule has 0 saturated carbocycles. The Morgan fingerprint density at radius 1 is 0.848 bits per heavy atom. The van der Waals surface area contributed by atoms with Crippen molar-refractivity contribution in [1.82, 2.24) is 14.9 Å². The van der Waals surface area contributed by atoms with E-state index in [0.29, 0.717) is 5.41 Å². The number of hydrogen-bond donors (Lipinski definition) is 1. The quantitative estimate of drug-likeness (QED) is 0.410. The van der Waals surface area contributed by atoms with Gasteiger partial charge in [0.1, 0.15) is 5.65 Å². The number of piperazine rings is 1. The molecular formula is C29H34N4. The highest BCUT2D eigenvalue weighted by Gasteiger charge is 2.15. The predicted molar refractivity (Wildman–Crippen MR) is 140 cm³/mol. The second kappa shape index (κ2) is 8.68. The van der Waals surface area contributed by atoms with Crippen LogP contribution in [0.1, 0.15) is 26.3 Å². The summed E-state index contributed by atoms with van der Waals surface area (Å²) in [6.07, 6.45) is 5.13. The maximum Gasteiger partial charge on any atom is 0.137 e. The lowest BCUT2D eigenvalue weighted by atomic mass is 9.87. The average molecular weight is 439 g/mol. The van der Waals surface area contributed by atoms with Gasteiger partial charge in [0, 0.05) is 60.8 Å². The molecule has 0 amide bonds. The van der Waals surface area contributed by atoms with Gasteiger partial charge in [-0.15, -0.1) is 0 Å². The second-order valence-electron chi connectivity index (χ2n) is 10.6. The number of hydrogen-bond acceptors (Lipinski definition) is 3. The standard InChI is InChI=1S/C29H34N4/c1-29(2,3)18-21-5-7-23(8-6-21)27-20-31-28-26(27)17-24(19-30-28)22-9-11-25(12-10-22)33-15-13-32(4)14-16-33/h5-12,17,19-20H,13-16,18H2,1-4H3,(H,30,31). The minimum atomic E-state index is 0.293. The topological polar surface area (TPSA) is 35.2 Å². The summed E-state index contributed by atoms with van der Waals surface area (Å²) >= 11 is 0. The monoisotopic (exact) mass is 438 g/mol. The normalized spacial score (nSPS) is 15.3. The molecule has 0 aliphatic carbocycles. The first kappa shape index (κ1) is 21.7. The Bertz CT molecular complexity index is 1220. The van der Waals surface area contributed by atoms with Crippen LogP contribution >= 0.6 is 0 Å². The number of fused-ring (bicyclic) bond motifs is 1. The zero-order valence-corrected chi connectivity index (χ0v) is 20.2. The molecule has 0 radical (unpaired) electrons. The maximum atomic E-state index is 4.72. The van der Waals surface area contributed by atoms with Gasteiger partial charge in [0.15, 0.2) is 0 Å². The molecule has 1 N–H and O–H groups in total. The van der Waals surface area contributed by atoms with Gasteiger partial charge in [-0.05, 0) is 53.8 Å². The Hall–Kier alpha value is -3.11. The fourth-order valence-electron chi connectivity index (χ4n) is 4.74. The number of likely N-dealkylation sites (N-methyl/N-ethyl adjacent to an activating group) is 1. The Kier molecular flexibility index (Phi) is 5.71. The lowest BCUT2D eigenvalue weighted by Gasteiger charge is -2.34. The van der Waals surface area contributed by atoms with Crippen LogP contribution in [0.5, 0.6) is 0 Å². The fourth-order valence-corrected chi connectivity index (χ4v) is 4.74. The third kappa shape index (κ3) is 4.81. The molecule has 2 aromatic carbocycles. The molecule has 1 aliphatic heterocycles. The molecule has 1 saturated heterocycles. The molecule has 170 valence electrons. The molecule has 0 atom stereocenters. The zero-order valence-electron chi connectivity index (χ0n) is 20.2. The summed E-state index contributed by atoms with van der Waals surface area (Å²) in [7, 11) is 2.19. The van der Waals surface area contributed by atoms with Crippen LogP contribution in [-0.4, -0.2) is 48.1 Å². The molecule has 0 unspecified atom stereocenters. The van der Waals surface area contributed by atoms with E-state index in [1.54, 1.807) is 0 Å². The molecule has 3 heterocycles. The van der Waals surface area contributed by atoms with Crippen molar-refractivity contribution in [3.8, 4) is 22.3 Å². The molecule has 33 heavy (non-hydrogen) atoms. The van der Waals surface area contributed by atoms with Crippen molar-refractivity contribution >= 4 is 16.7 Å². The number of aromatic amines is 1. The number of nitrogens with zero attached hydrogens (tertiary/aromatic N) is 3. The van der Waals surface area contributed by atoms with Crippen molar-refractivity contribution in [3.63, 3.8) is 0 Å². The van der Waals surface area contributed by atoms with E-state index in [-0.39, 0.29) is 0 Å². The third-order valence-corrected chi connectivity index (χ3v) is 6.60. The average Bonchev–Trinajstić information content (AvgIpc) is 3.22. The minimum Gasteiger partial charge on any atom is -0.369 e. The fraction of sp³-hybridized carbons (Fsp3) is 0.345. The Morgan fingerprint density at radius 2 is 1.52 bits per heavy atom. The predicted octanol–water partition coefficient (Wildman–Crippen LogP) is 6.24. The number of pyridine rings is 1. The van der Waals surface area contributed by atoms with Crippen molar-refractivity contribution in [2.24, 2.45) is 5.41 Å². The number of rotatable bonds is 4. The molecule has 1 fully saturated rings. The summed E-state index contributed by atoms with van der Waals surface area (Å²) in [6, 6.07) is 20.2. The highest BCUT2D eigenvalue weighted by Crippen LogP contribution is 2.32. The molecule has 4 aromatic rings. The summed E-state index contributed by atoms with van der Waals surface area (Å²) in [5.74, 6) is 0. The highest BCUT2D eigenvalue weighted by molar-refractivity contribution is 5.95. The van der Waals surface area contributed by atoms with Gasteiger partial charge in [0.25, 0.3) is 0 Å². The summed E-state index contributed by atoms with van der Waals surface area (Å²) in [5, 5.41) is 1.17. The van der Waals surface area contributed by atoms with E-state index in [9.17, 15) is 0 Å². The van der Waals surface area contributed by atoms with Crippen LogP contribution in [0.3, 0.4) is 0 Å². The van der Waals surface area contributed by atoms with E-state index >= 15 is 0 Å². The molecule has 2 aromatic heterocycles. The van der Waals surface area contributed by atoms with E-state index in [1.165, 1.54) is 33.3 Å². The summed E-state index contributed by atoms with van der Waals surface area (Å²) < 4.78 is 0. The lowest BCUT2D eigenvalue weighted by Crippen LogP contribution is -2.44. The van der Waals surface area contributed by atoms with Crippen LogP contribution in [0, 0.1) is 5.41 Å². The molecule has 0 spiro atoms. The van der Waals surface area contributed by atoms with E-state index in [0.717, 1.165) is 43.8 Å². The molecule has 5 rings (SSSR count). The number of anilines is 1. The van der Waals surface area contributed by atoms with Crippen molar-refractivity contribution in [3.05, 3.63) is 72.6 Å². The Morgan fingerprint density at radius 3 is 2.18 bits per heavy atom. The number of nitrogens with one attached hydrogen (secondary N) is 1. The summed E-state index contributed by atoms with van der Waals surface area (Å²) in [4.78, 5) is 12.9. The number of aromatic nitrogens is 2. The second-order valence-corrected chi connectivity index (χ2v) is 10.6. The number of benzene rings is 2. The van der Waals surface area contributed by atoms with Gasteiger partial charge in [0.05, 0.1) is 0 Å². The maximum absolute atomic E-state index is 4.72. The van der Waals surface area contributed by atoms with Crippen LogP contribution in [0.15, 0.2) is 67.0 Å². The summed E-state index contributed by atoms with van der Waals surface area (Å²) in [6.45, 7) is 11.3. The van der Waals surface area contributed by atoms with Gasteiger partial charge < -0.3 is 14.8 Å². The minimum absolute atomic E-state index is 0.293. The van der Waals surface area contributed by atoms with E-state index in [1.807, 2.05) is 6.20 Å². The molecule has 4 heteroatoms. The van der Waals surface area contributed by atoms with E-state index in [2.05, 4.69) is 103 Å². The molecule has 4 nitrogen and oxygen atoms in total. The van der Waals surface area contributed by atoms with Crippen LogP contribution < -0.4 is 4.90 Å². The summed E-state index contributed by atoms with van der Waals surface area (Å²) in [5.41, 5.74) is 8.69. The van der Waals surface area contributed by atoms with Crippen LogP contribution in [0.2, 0.25) is 0 Å². The first-order chi connectivity index (χ1) is 15.9. The zero-order chi connectivity index (χ0) is 23.0. The molecular weight excluding hydrogens is 404 g/mol. The van der Waals surface area contributed by atoms with Crippen molar-refractivity contribution in [1.29, 1.82) is 0 Å². The highest BCUT2D eigenvalue weighted by atomic mass is 15.2. The van der Waals surface area contributed by atoms with Crippen LogP contribution in [-0.2, 0) is 6.42 Å². The first-order valence-corrected chi connectivity index (χ1v) is 12.0. The lowest BCUT2D eigenvalue weighted by molar-refractivity contribution is 0.313. The van der Waals surface area contributed by atoms with Gasteiger partial charge in [-0.25, -0.2) is 4.98 Å². The van der Waals surface area contributed by atoms with Crippen molar-refractivity contribution < 1.29 is 0 Å². The third-order valence-electron chi connectivity index (χ3n) is 6.60.